The van der Waals surface area contributed by atoms with Crippen LogP contribution in [0.15, 0.2) is 18.2 Å². The fourth-order valence-electron chi connectivity index (χ4n) is 4.39. The molecular formula is C19H29N. The fraction of sp³-hybridized carbons (Fsp3) is 0.684. The second kappa shape index (κ2) is 5.89. The molecule has 2 aliphatic carbocycles. The van der Waals surface area contributed by atoms with Crippen molar-refractivity contribution in [2.75, 3.05) is 6.54 Å². The molecule has 1 nitrogen and oxygen atoms in total. The summed E-state index contributed by atoms with van der Waals surface area (Å²) in [6, 6.07) is 7.85. The van der Waals surface area contributed by atoms with Crippen molar-refractivity contribution in [2.45, 2.75) is 71.3 Å². The molecule has 20 heavy (non-hydrogen) atoms. The van der Waals surface area contributed by atoms with Gasteiger partial charge in [-0.3, -0.25) is 0 Å². The minimum Gasteiger partial charge on any atom is -0.310 e. The van der Waals surface area contributed by atoms with E-state index in [9.17, 15) is 0 Å². The van der Waals surface area contributed by atoms with Crippen LogP contribution < -0.4 is 5.32 Å². The summed E-state index contributed by atoms with van der Waals surface area (Å²) in [5.41, 5.74) is 5.20. The molecule has 0 heterocycles. The number of rotatable bonds is 4. The third-order valence-electron chi connectivity index (χ3n) is 5.56. The van der Waals surface area contributed by atoms with Gasteiger partial charge in [-0.2, -0.15) is 0 Å². The van der Waals surface area contributed by atoms with E-state index in [0.717, 1.165) is 6.54 Å². The Hall–Kier alpha value is -0.820. The van der Waals surface area contributed by atoms with Crippen LogP contribution in [0, 0.1) is 5.41 Å². The lowest BCUT2D eigenvalue weighted by atomic mass is 9.68. The van der Waals surface area contributed by atoms with Crippen LogP contribution in [0.3, 0.4) is 0 Å². The van der Waals surface area contributed by atoms with Gasteiger partial charge in [-0.25, -0.2) is 0 Å². The molecular weight excluding hydrogens is 242 g/mol. The van der Waals surface area contributed by atoms with E-state index in [4.69, 9.17) is 0 Å². The molecule has 1 fully saturated rings. The van der Waals surface area contributed by atoms with Crippen LogP contribution in [0.5, 0.6) is 0 Å². The molecule has 0 aromatic heterocycles. The zero-order valence-electron chi connectivity index (χ0n) is 13.2. The average molecular weight is 271 g/mol. The van der Waals surface area contributed by atoms with Crippen molar-refractivity contribution in [3.05, 3.63) is 34.9 Å². The molecule has 0 aliphatic heterocycles. The van der Waals surface area contributed by atoms with Gasteiger partial charge in [-0.1, -0.05) is 51.3 Å². The summed E-state index contributed by atoms with van der Waals surface area (Å²) >= 11 is 0. The van der Waals surface area contributed by atoms with E-state index in [-0.39, 0.29) is 0 Å². The molecule has 3 rings (SSSR count). The number of hydrogen-bond donors (Lipinski definition) is 1. The molecule has 1 aromatic carbocycles. The Morgan fingerprint density at radius 1 is 1.05 bits per heavy atom. The van der Waals surface area contributed by atoms with Gasteiger partial charge in [0.05, 0.1) is 0 Å². The summed E-state index contributed by atoms with van der Waals surface area (Å²) < 4.78 is 0. The van der Waals surface area contributed by atoms with Crippen molar-refractivity contribution in [3.63, 3.8) is 0 Å². The first-order chi connectivity index (χ1) is 9.73. The van der Waals surface area contributed by atoms with Crippen LogP contribution in [-0.4, -0.2) is 6.54 Å². The number of benzene rings is 1. The normalized spacial score (nSPS) is 22.5. The van der Waals surface area contributed by atoms with E-state index in [1.807, 2.05) is 0 Å². The van der Waals surface area contributed by atoms with Crippen molar-refractivity contribution in [2.24, 2.45) is 5.41 Å². The minimum atomic E-state index is 0.446. The molecule has 1 N–H and O–H groups in total. The van der Waals surface area contributed by atoms with Crippen molar-refractivity contribution in [3.8, 4) is 0 Å². The molecule has 0 bridgehead atoms. The maximum Gasteiger partial charge on any atom is 0.0374 e. The molecule has 0 amide bonds. The SMILES string of the molecule is CCNC(c1ccc2c(c1)CCC2)C1(C)CCCCC1. The van der Waals surface area contributed by atoms with Gasteiger partial charge < -0.3 is 5.32 Å². The largest absolute Gasteiger partial charge is 0.310 e. The summed E-state index contributed by atoms with van der Waals surface area (Å²) in [4.78, 5) is 0. The van der Waals surface area contributed by atoms with Gasteiger partial charge >= 0.3 is 0 Å². The van der Waals surface area contributed by atoms with Gasteiger partial charge in [0.2, 0.25) is 0 Å². The van der Waals surface area contributed by atoms with Gasteiger partial charge in [0.15, 0.2) is 0 Å². The number of aryl methyl sites for hydroxylation is 2. The first kappa shape index (κ1) is 14.1. The summed E-state index contributed by atoms with van der Waals surface area (Å²) in [6.45, 7) is 5.82. The van der Waals surface area contributed by atoms with E-state index in [2.05, 4.69) is 37.4 Å². The van der Waals surface area contributed by atoms with E-state index >= 15 is 0 Å². The van der Waals surface area contributed by atoms with Gasteiger partial charge in [-0.15, -0.1) is 0 Å². The van der Waals surface area contributed by atoms with Gasteiger partial charge in [0.1, 0.15) is 0 Å². The number of nitrogens with one attached hydrogen (secondary N) is 1. The summed E-state index contributed by atoms with van der Waals surface area (Å²) in [7, 11) is 0. The maximum atomic E-state index is 3.80. The third-order valence-corrected chi connectivity index (χ3v) is 5.56. The van der Waals surface area contributed by atoms with Crippen LogP contribution >= 0.6 is 0 Å². The molecule has 1 aromatic rings. The molecule has 1 saturated carbocycles. The molecule has 0 spiro atoms. The zero-order chi connectivity index (χ0) is 14.0. The summed E-state index contributed by atoms with van der Waals surface area (Å²) in [6.07, 6.45) is 10.9. The highest BCUT2D eigenvalue weighted by Gasteiger charge is 2.36. The van der Waals surface area contributed by atoms with Gasteiger partial charge in [0, 0.05) is 6.04 Å². The molecule has 0 saturated heterocycles. The second-order valence-corrected chi connectivity index (χ2v) is 7.09. The quantitative estimate of drug-likeness (QED) is 0.829. The Labute approximate surface area is 124 Å². The van der Waals surface area contributed by atoms with Crippen LogP contribution in [0.4, 0.5) is 0 Å². The Morgan fingerprint density at radius 3 is 2.55 bits per heavy atom. The van der Waals surface area contributed by atoms with E-state index in [0.29, 0.717) is 11.5 Å². The highest BCUT2D eigenvalue weighted by atomic mass is 14.9. The minimum absolute atomic E-state index is 0.446. The number of fused-ring (bicyclic) bond motifs is 1. The molecule has 1 heteroatoms. The third kappa shape index (κ3) is 2.65. The van der Waals surface area contributed by atoms with Crippen molar-refractivity contribution >= 4 is 0 Å². The monoisotopic (exact) mass is 271 g/mol. The smallest absolute Gasteiger partial charge is 0.0374 e. The Kier molecular flexibility index (Phi) is 4.16. The van der Waals surface area contributed by atoms with Gasteiger partial charge in [-0.05, 0) is 60.8 Å². The fourth-order valence-corrected chi connectivity index (χ4v) is 4.39. The molecule has 1 atom stereocenters. The molecule has 110 valence electrons. The molecule has 2 aliphatic rings. The highest BCUT2D eigenvalue weighted by Crippen LogP contribution is 2.46. The van der Waals surface area contributed by atoms with Crippen molar-refractivity contribution in [1.29, 1.82) is 0 Å². The lowest BCUT2D eigenvalue weighted by Gasteiger charge is -2.41. The lowest BCUT2D eigenvalue weighted by molar-refractivity contribution is 0.146. The standard InChI is InChI=1S/C19H29N/c1-3-20-18(19(2)12-5-4-6-13-19)17-11-10-15-8-7-9-16(15)14-17/h10-11,14,18,20H,3-9,12-13H2,1-2H3. The molecule has 1 unspecified atom stereocenters. The van der Waals surface area contributed by atoms with E-state index in [1.54, 1.807) is 11.1 Å². The van der Waals surface area contributed by atoms with E-state index < -0.39 is 0 Å². The predicted molar refractivity (Wildman–Crippen MR) is 86.1 cm³/mol. The van der Waals surface area contributed by atoms with E-state index in [1.165, 1.54) is 56.9 Å². The molecule has 0 radical (unpaired) electrons. The first-order valence-corrected chi connectivity index (χ1v) is 8.58. The van der Waals surface area contributed by atoms with Crippen LogP contribution in [-0.2, 0) is 12.8 Å². The second-order valence-electron chi connectivity index (χ2n) is 7.09. The first-order valence-electron chi connectivity index (χ1n) is 8.58. The zero-order valence-corrected chi connectivity index (χ0v) is 13.2. The number of hydrogen-bond acceptors (Lipinski definition) is 1. The lowest BCUT2D eigenvalue weighted by Crippen LogP contribution is -2.37. The van der Waals surface area contributed by atoms with Crippen molar-refractivity contribution < 1.29 is 0 Å². The summed E-state index contributed by atoms with van der Waals surface area (Å²) in [5.74, 6) is 0. The van der Waals surface area contributed by atoms with Crippen LogP contribution in [0.1, 0.15) is 75.1 Å². The van der Waals surface area contributed by atoms with Gasteiger partial charge in [0.25, 0.3) is 0 Å². The average Bonchev–Trinajstić information content (AvgIpc) is 2.92. The summed E-state index contributed by atoms with van der Waals surface area (Å²) in [5, 5.41) is 3.80. The maximum absolute atomic E-state index is 3.80. The Morgan fingerprint density at radius 2 is 1.80 bits per heavy atom. The Bertz CT molecular complexity index is 457. The van der Waals surface area contributed by atoms with Crippen LogP contribution in [0.25, 0.3) is 0 Å². The van der Waals surface area contributed by atoms with Crippen molar-refractivity contribution in [1.82, 2.24) is 5.32 Å². The Balaban J connectivity index is 1.89. The highest BCUT2D eigenvalue weighted by molar-refractivity contribution is 5.37. The topological polar surface area (TPSA) is 12.0 Å². The predicted octanol–water partition coefficient (Wildman–Crippen LogP) is 4.80. The van der Waals surface area contributed by atoms with Crippen LogP contribution in [0.2, 0.25) is 0 Å².